The van der Waals surface area contributed by atoms with E-state index in [1.165, 1.54) is 5.56 Å². The monoisotopic (exact) mass is 220 g/mol. The number of aryl methyl sites for hydroxylation is 2. The molecule has 1 atom stereocenters. The van der Waals surface area contributed by atoms with Crippen LogP contribution in [-0.4, -0.2) is 16.7 Å². The normalized spacial score (nSPS) is 23.4. The molecule has 86 valence electrons. The van der Waals surface area contributed by atoms with Crippen LogP contribution in [0.25, 0.3) is 0 Å². The Bertz CT molecular complexity index is 425. The quantitative estimate of drug-likeness (QED) is 0.833. The molecule has 1 aliphatic heterocycles. The van der Waals surface area contributed by atoms with E-state index in [2.05, 4.69) is 0 Å². The standard InChI is InChI=1S/C13H16O3/c1-9-4-3-5-10-6-7-13(2,8-11(14)15)16-12(9)10/h3-5H,6-8H2,1-2H3,(H,14,15). The van der Waals surface area contributed by atoms with Crippen molar-refractivity contribution in [2.24, 2.45) is 0 Å². The van der Waals surface area contributed by atoms with E-state index < -0.39 is 11.6 Å². The van der Waals surface area contributed by atoms with E-state index in [-0.39, 0.29) is 6.42 Å². The molecule has 1 N–H and O–H groups in total. The number of ether oxygens (including phenoxy) is 1. The molecule has 1 aromatic carbocycles. The summed E-state index contributed by atoms with van der Waals surface area (Å²) >= 11 is 0. The summed E-state index contributed by atoms with van der Waals surface area (Å²) < 4.78 is 5.88. The van der Waals surface area contributed by atoms with Gasteiger partial charge in [-0.15, -0.1) is 0 Å². The first-order chi connectivity index (χ1) is 7.50. The van der Waals surface area contributed by atoms with E-state index in [1.54, 1.807) is 0 Å². The van der Waals surface area contributed by atoms with Gasteiger partial charge < -0.3 is 9.84 Å². The minimum atomic E-state index is -0.806. The predicted molar refractivity (Wildman–Crippen MR) is 60.8 cm³/mol. The molecule has 0 amide bonds. The van der Waals surface area contributed by atoms with Crippen molar-refractivity contribution in [1.82, 2.24) is 0 Å². The number of para-hydroxylation sites is 1. The molecule has 0 bridgehead atoms. The van der Waals surface area contributed by atoms with E-state index in [0.29, 0.717) is 0 Å². The van der Waals surface area contributed by atoms with Gasteiger partial charge in [0.05, 0.1) is 6.42 Å². The maximum Gasteiger partial charge on any atom is 0.307 e. The summed E-state index contributed by atoms with van der Waals surface area (Å²) in [5.41, 5.74) is 1.70. The van der Waals surface area contributed by atoms with E-state index in [1.807, 2.05) is 32.0 Å². The number of hydrogen-bond acceptors (Lipinski definition) is 2. The smallest absolute Gasteiger partial charge is 0.307 e. The summed E-state index contributed by atoms with van der Waals surface area (Å²) in [6.45, 7) is 3.86. The zero-order valence-electron chi connectivity index (χ0n) is 9.62. The van der Waals surface area contributed by atoms with Crippen molar-refractivity contribution in [3.63, 3.8) is 0 Å². The molecule has 0 saturated carbocycles. The van der Waals surface area contributed by atoms with Crippen LogP contribution >= 0.6 is 0 Å². The fourth-order valence-corrected chi connectivity index (χ4v) is 2.20. The van der Waals surface area contributed by atoms with Crippen molar-refractivity contribution in [1.29, 1.82) is 0 Å². The fraction of sp³-hybridized carbons (Fsp3) is 0.462. The molecule has 2 rings (SSSR count). The van der Waals surface area contributed by atoms with Gasteiger partial charge in [-0.2, -0.15) is 0 Å². The first-order valence-corrected chi connectivity index (χ1v) is 5.49. The molecular formula is C13H16O3. The van der Waals surface area contributed by atoms with Gasteiger partial charge in [0, 0.05) is 0 Å². The first-order valence-electron chi connectivity index (χ1n) is 5.49. The highest BCUT2D eigenvalue weighted by Gasteiger charge is 2.34. The van der Waals surface area contributed by atoms with Crippen LogP contribution in [-0.2, 0) is 11.2 Å². The van der Waals surface area contributed by atoms with E-state index in [9.17, 15) is 4.79 Å². The zero-order chi connectivity index (χ0) is 11.8. The van der Waals surface area contributed by atoms with Crippen molar-refractivity contribution >= 4 is 5.97 Å². The summed E-state index contributed by atoms with van der Waals surface area (Å²) in [6.07, 6.45) is 1.71. The fourth-order valence-electron chi connectivity index (χ4n) is 2.20. The molecule has 0 spiro atoms. The lowest BCUT2D eigenvalue weighted by Gasteiger charge is -2.35. The topological polar surface area (TPSA) is 46.5 Å². The lowest BCUT2D eigenvalue weighted by molar-refractivity contribution is -0.141. The van der Waals surface area contributed by atoms with Gasteiger partial charge in [0.2, 0.25) is 0 Å². The first kappa shape index (κ1) is 11.0. The van der Waals surface area contributed by atoms with Gasteiger partial charge in [-0.1, -0.05) is 18.2 Å². The molecule has 1 aliphatic rings. The number of aliphatic carboxylic acids is 1. The van der Waals surface area contributed by atoms with Gasteiger partial charge in [-0.05, 0) is 37.8 Å². The molecular weight excluding hydrogens is 204 g/mol. The Morgan fingerprint density at radius 3 is 3.00 bits per heavy atom. The second-order valence-corrected chi connectivity index (χ2v) is 4.69. The van der Waals surface area contributed by atoms with Crippen LogP contribution in [0.1, 0.15) is 30.9 Å². The number of hydrogen-bond donors (Lipinski definition) is 1. The number of carbonyl (C=O) groups is 1. The predicted octanol–water partition coefficient (Wildman–Crippen LogP) is 2.55. The lowest BCUT2D eigenvalue weighted by atomic mass is 9.89. The van der Waals surface area contributed by atoms with Crippen molar-refractivity contribution < 1.29 is 14.6 Å². The number of carboxylic acids is 1. The van der Waals surface area contributed by atoms with Crippen LogP contribution in [0.2, 0.25) is 0 Å². The van der Waals surface area contributed by atoms with Gasteiger partial charge >= 0.3 is 5.97 Å². The molecule has 1 unspecified atom stereocenters. The highest BCUT2D eigenvalue weighted by molar-refractivity contribution is 5.68. The number of fused-ring (bicyclic) bond motifs is 1. The Morgan fingerprint density at radius 1 is 1.56 bits per heavy atom. The minimum absolute atomic E-state index is 0.0563. The average molecular weight is 220 g/mol. The Hall–Kier alpha value is -1.51. The van der Waals surface area contributed by atoms with Crippen molar-refractivity contribution in [3.05, 3.63) is 29.3 Å². The summed E-state index contributed by atoms with van der Waals surface area (Å²) in [5.74, 6) is 0.0667. The average Bonchev–Trinajstić information content (AvgIpc) is 2.18. The van der Waals surface area contributed by atoms with Gasteiger partial charge in [-0.25, -0.2) is 0 Å². The number of rotatable bonds is 2. The largest absolute Gasteiger partial charge is 0.486 e. The Balaban J connectivity index is 2.29. The summed E-state index contributed by atoms with van der Waals surface area (Å²) in [6, 6.07) is 6.05. The van der Waals surface area contributed by atoms with Gasteiger partial charge in [0.15, 0.2) is 0 Å². The Labute approximate surface area is 95.0 Å². The maximum atomic E-state index is 10.8. The Morgan fingerprint density at radius 2 is 2.31 bits per heavy atom. The molecule has 1 aromatic rings. The molecule has 3 heteroatoms. The van der Waals surface area contributed by atoms with Crippen LogP contribution in [0, 0.1) is 6.92 Å². The van der Waals surface area contributed by atoms with Crippen molar-refractivity contribution in [2.45, 2.75) is 38.7 Å². The summed E-state index contributed by atoms with van der Waals surface area (Å²) in [7, 11) is 0. The van der Waals surface area contributed by atoms with Crippen LogP contribution in [0.3, 0.4) is 0 Å². The van der Waals surface area contributed by atoms with Crippen LogP contribution < -0.4 is 4.74 Å². The maximum absolute atomic E-state index is 10.8. The Kier molecular flexibility index (Phi) is 2.62. The van der Waals surface area contributed by atoms with E-state index in [0.717, 1.165) is 24.2 Å². The third-order valence-electron chi connectivity index (χ3n) is 3.09. The summed E-state index contributed by atoms with van der Waals surface area (Å²) in [5, 5.41) is 8.87. The molecule has 3 nitrogen and oxygen atoms in total. The highest BCUT2D eigenvalue weighted by Crippen LogP contribution is 2.37. The van der Waals surface area contributed by atoms with E-state index >= 15 is 0 Å². The molecule has 0 aliphatic carbocycles. The SMILES string of the molecule is Cc1cccc2c1OC(C)(CC(=O)O)CC2. The van der Waals surface area contributed by atoms with Gasteiger partial charge in [0.1, 0.15) is 11.4 Å². The minimum Gasteiger partial charge on any atom is -0.486 e. The number of carboxylic acid groups (broad SMARTS) is 1. The van der Waals surface area contributed by atoms with Crippen LogP contribution in [0.15, 0.2) is 18.2 Å². The van der Waals surface area contributed by atoms with Gasteiger partial charge in [-0.3, -0.25) is 4.79 Å². The molecule has 1 heterocycles. The second kappa shape index (κ2) is 3.81. The lowest BCUT2D eigenvalue weighted by Crippen LogP contribution is -2.38. The highest BCUT2D eigenvalue weighted by atomic mass is 16.5. The van der Waals surface area contributed by atoms with Crippen molar-refractivity contribution in [3.8, 4) is 5.75 Å². The van der Waals surface area contributed by atoms with Gasteiger partial charge in [0.25, 0.3) is 0 Å². The van der Waals surface area contributed by atoms with E-state index in [4.69, 9.17) is 9.84 Å². The molecule has 0 radical (unpaired) electrons. The zero-order valence-corrected chi connectivity index (χ0v) is 9.62. The third kappa shape index (κ3) is 2.03. The third-order valence-corrected chi connectivity index (χ3v) is 3.09. The molecule has 0 saturated heterocycles. The molecule has 16 heavy (non-hydrogen) atoms. The summed E-state index contributed by atoms with van der Waals surface area (Å²) in [4.78, 5) is 10.8. The van der Waals surface area contributed by atoms with Crippen LogP contribution in [0.4, 0.5) is 0 Å². The number of benzene rings is 1. The molecule has 0 aromatic heterocycles. The van der Waals surface area contributed by atoms with Crippen LogP contribution in [0.5, 0.6) is 5.75 Å². The second-order valence-electron chi connectivity index (χ2n) is 4.69. The molecule has 0 fully saturated rings. The van der Waals surface area contributed by atoms with Crippen molar-refractivity contribution in [2.75, 3.05) is 0 Å².